The number of carbonyl (C=O) groups excluding carboxylic acids is 2. The number of rotatable bonds is 6. The fourth-order valence-electron chi connectivity index (χ4n) is 0.881. The summed E-state index contributed by atoms with van der Waals surface area (Å²) in [7, 11) is 0. The molecule has 0 aromatic heterocycles. The molecule has 0 fully saturated rings. The molecule has 15 heavy (non-hydrogen) atoms. The maximum absolute atomic E-state index is 11.7. The van der Waals surface area contributed by atoms with Gasteiger partial charge in [0.05, 0.1) is 19.4 Å². The van der Waals surface area contributed by atoms with E-state index in [0.717, 1.165) is 0 Å². The minimum absolute atomic E-state index is 0.148. The van der Waals surface area contributed by atoms with E-state index in [-0.39, 0.29) is 19.4 Å². The third-order valence-corrected chi connectivity index (χ3v) is 1.60. The van der Waals surface area contributed by atoms with Crippen molar-refractivity contribution in [2.24, 2.45) is 0 Å². The zero-order chi connectivity index (χ0) is 11.9. The van der Waals surface area contributed by atoms with Gasteiger partial charge in [0.1, 0.15) is 5.78 Å². The van der Waals surface area contributed by atoms with Crippen LogP contribution in [0.1, 0.15) is 32.6 Å². The Bertz CT molecular complexity index is 223. The average molecular weight is 226 g/mol. The zero-order valence-electron chi connectivity index (χ0n) is 8.39. The molecule has 0 aliphatic rings. The van der Waals surface area contributed by atoms with Crippen LogP contribution in [0.2, 0.25) is 0 Å². The van der Waals surface area contributed by atoms with Crippen molar-refractivity contribution < 1.29 is 27.5 Å². The smallest absolute Gasteiger partial charge is 0.389 e. The van der Waals surface area contributed by atoms with Crippen LogP contribution in [0.4, 0.5) is 13.2 Å². The van der Waals surface area contributed by atoms with Gasteiger partial charge in [-0.1, -0.05) is 0 Å². The second-order valence-corrected chi connectivity index (χ2v) is 2.96. The Kier molecular flexibility index (Phi) is 5.96. The highest BCUT2D eigenvalue weighted by Crippen LogP contribution is 2.21. The van der Waals surface area contributed by atoms with Crippen LogP contribution in [-0.2, 0) is 14.3 Å². The standard InChI is InChI=1S/C9H13F3O3/c1-2-15-8(14)4-3-7(13)5-6-9(10,11)12/h2-6H2,1H3. The predicted molar refractivity (Wildman–Crippen MR) is 46.2 cm³/mol. The first-order chi connectivity index (χ1) is 6.85. The van der Waals surface area contributed by atoms with Crippen molar-refractivity contribution in [3.05, 3.63) is 0 Å². The second-order valence-electron chi connectivity index (χ2n) is 2.96. The minimum Gasteiger partial charge on any atom is -0.466 e. The van der Waals surface area contributed by atoms with E-state index >= 15 is 0 Å². The highest BCUT2D eigenvalue weighted by atomic mass is 19.4. The van der Waals surface area contributed by atoms with Crippen LogP contribution in [0.3, 0.4) is 0 Å². The van der Waals surface area contributed by atoms with Gasteiger partial charge in [-0.25, -0.2) is 0 Å². The van der Waals surface area contributed by atoms with E-state index in [4.69, 9.17) is 0 Å². The maximum Gasteiger partial charge on any atom is 0.389 e. The Balaban J connectivity index is 3.62. The number of halogens is 3. The molecule has 0 radical (unpaired) electrons. The summed E-state index contributed by atoms with van der Waals surface area (Å²) in [6.07, 6.45) is -6.35. The number of esters is 1. The summed E-state index contributed by atoms with van der Waals surface area (Å²) in [6.45, 7) is 1.82. The van der Waals surface area contributed by atoms with Crippen molar-refractivity contribution in [3.63, 3.8) is 0 Å². The van der Waals surface area contributed by atoms with Crippen molar-refractivity contribution >= 4 is 11.8 Å². The molecule has 0 saturated carbocycles. The van der Waals surface area contributed by atoms with Crippen molar-refractivity contribution in [3.8, 4) is 0 Å². The van der Waals surface area contributed by atoms with Crippen molar-refractivity contribution in [2.75, 3.05) is 6.61 Å². The molecular weight excluding hydrogens is 213 g/mol. The average Bonchev–Trinajstić information content (AvgIpc) is 2.11. The van der Waals surface area contributed by atoms with Crippen LogP contribution >= 0.6 is 0 Å². The van der Waals surface area contributed by atoms with Crippen molar-refractivity contribution in [1.29, 1.82) is 0 Å². The quantitative estimate of drug-likeness (QED) is 0.652. The molecule has 0 heterocycles. The number of alkyl halides is 3. The number of hydrogen-bond acceptors (Lipinski definition) is 3. The summed E-state index contributed by atoms with van der Waals surface area (Å²) < 4.78 is 39.6. The lowest BCUT2D eigenvalue weighted by Gasteiger charge is -2.05. The minimum atomic E-state index is -4.32. The summed E-state index contributed by atoms with van der Waals surface area (Å²) in [5.74, 6) is -1.13. The highest BCUT2D eigenvalue weighted by molar-refractivity contribution is 5.82. The Hall–Kier alpha value is -1.07. The Morgan fingerprint density at radius 2 is 1.73 bits per heavy atom. The Morgan fingerprint density at radius 3 is 2.20 bits per heavy atom. The van der Waals surface area contributed by atoms with E-state index in [1.807, 2.05) is 0 Å². The van der Waals surface area contributed by atoms with Gasteiger partial charge < -0.3 is 4.74 Å². The van der Waals surface area contributed by atoms with Crippen LogP contribution in [-0.4, -0.2) is 24.5 Å². The van der Waals surface area contributed by atoms with E-state index in [1.54, 1.807) is 6.92 Å². The molecule has 0 aromatic rings. The van der Waals surface area contributed by atoms with Crippen LogP contribution in [0, 0.1) is 0 Å². The molecule has 0 spiro atoms. The van der Waals surface area contributed by atoms with Gasteiger partial charge in [0.25, 0.3) is 0 Å². The molecule has 0 saturated heterocycles. The van der Waals surface area contributed by atoms with Gasteiger partial charge in [-0.3, -0.25) is 9.59 Å². The molecule has 3 nitrogen and oxygen atoms in total. The fourth-order valence-corrected chi connectivity index (χ4v) is 0.881. The first-order valence-corrected chi connectivity index (χ1v) is 4.59. The number of ketones is 1. The van der Waals surface area contributed by atoms with Crippen LogP contribution < -0.4 is 0 Å². The first-order valence-electron chi connectivity index (χ1n) is 4.59. The monoisotopic (exact) mass is 226 g/mol. The summed E-state index contributed by atoms with van der Waals surface area (Å²) in [4.78, 5) is 21.6. The molecule has 0 aliphatic carbocycles. The number of ether oxygens (including phenoxy) is 1. The van der Waals surface area contributed by atoms with Crippen molar-refractivity contribution in [2.45, 2.75) is 38.8 Å². The fraction of sp³-hybridized carbons (Fsp3) is 0.778. The van der Waals surface area contributed by atoms with E-state index < -0.39 is 30.8 Å². The molecule has 0 bridgehead atoms. The lowest BCUT2D eigenvalue weighted by Crippen LogP contribution is -2.12. The van der Waals surface area contributed by atoms with E-state index in [1.165, 1.54) is 0 Å². The molecule has 0 amide bonds. The molecule has 6 heteroatoms. The largest absolute Gasteiger partial charge is 0.466 e. The van der Waals surface area contributed by atoms with Gasteiger partial charge in [0.15, 0.2) is 0 Å². The molecule has 0 unspecified atom stereocenters. The molecule has 0 rings (SSSR count). The molecule has 0 aromatic carbocycles. The lowest BCUT2D eigenvalue weighted by atomic mass is 10.1. The van der Waals surface area contributed by atoms with Crippen LogP contribution in [0.5, 0.6) is 0 Å². The van der Waals surface area contributed by atoms with Gasteiger partial charge in [-0.15, -0.1) is 0 Å². The Morgan fingerprint density at radius 1 is 1.13 bits per heavy atom. The lowest BCUT2D eigenvalue weighted by molar-refractivity contribution is -0.146. The second kappa shape index (κ2) is 6.42. The Labute approximate surface area is 85.6 Å². The van der Waals surface area contributed by atoms with Gasteiger partial charge in [0.2, 0.25) is 0 Å². The third kappa shape index (κ3) is 9.24. The zero-order valence-corrected chi connectivity index (χ0v) is 8.39. The van der Waals surface area contributed by atoms with E-state index in [2.05, 4.69) is 4.74 Å². The number of hydrogen-bond donors (Lipinski definition) is 0. The summed E-state index contributed by atoms with van der Waals surface area (Å²) in [6, 6.07) is 0. The van der Waals surface area contributed by atoms with Gasteiger partial charge >= 0.3 is 12.1 Å². The first kappa shape index (κ1) is 13.9. The van der Waals surface area contributed by atoms with Crippen molar-refractivity contribution in [1.82, 2.24) is 0 Å². The predicted octanol–water partition coefficient (Wildman–Crippen LogP) is 2.24. The van der Waals surface area contributed by atoms with Gasteiger partial charge in [0, 0.05) is 12.8 Å². The normalized spacial score (nSPS) is 11.2. The van der Waals surface area contributed by atoms with Crippen LogP contribution in [0.15, 0.2) is 0 Å². The summed E-state index contributed by atoms with van der Waals surface area (Å²) in [5, 5.41) is 0. The highest BCUT2D eigenvalue weighted by Gasteiger charge is 2.27. The van der Waals surface area contributed by atoms with Gasteiger partial charge in [-0.2, -0.15) is 13.2 Å². The van der Waals surface area contributed by atoms with Gasteiger partial charge in [-0.05, 0) is 6.92 Å². The van der Waals surface area contributed by atoms with E-state index in [0.29, 0.717) is 0 Å². The topological polar surface area (TPSA) is 43.4 Å². The molecule has 88 valence electrons. The molecule has 0 N–H and O–H groups in total. The SMILES string of the molecule is CCOC(=O)CCC(=O)CCC(F)(F)F. The van der Waals surface area contributed by atoms with E-state index in [9.17, 15) is 22.8 Å². The molecule has 0 atom stereocenters. The summed E-state index contributed by atoms with van der Waals surface area (Å²) >= 11 is 0. The summed E-state index contributed by atoms with van der Waals surface area (Å²) in [5.41, 5.74) is 0. The molecular formula is C9H13F3O3. The number of carbonyl (C=O) groups is 2. The number of Topliss-reactive ketones (excluding diaryl/α,β-unsaturated/α-hetero) is 1. The molecule has 0 aliphatic heterocycles. The maximum atomic E-state index is 11.7. The van der Waals surface area contributed by atoms with Crippen LogP contribution in [0.25, 0.3) is 0 Å². The third-order valence-electron chi connectivity index (χ3n) is 1.60.